The maximum Gasteiger partial charge on any atom is 0.0509 e. The van der Waals surface area contributed by atoms with Crippen LogP contribution in [0.1, 0.15) is 40.0 Å². The highest BCUT2D eigenvalue weighted by atomic mass is 16.5. The minimum absolute atomic E-state index is 0.669. The smallest absolute Gasteiger partial charge is 0.0509 e. The first-order chi connectivity index (χ1) is 8.72. The van der Waals surface area contributed by atoms with E-state index in [0.717, 1.165) is 25.0 Å². The molecule has 2 aliphatic rings. The molecule has 3 heteroatoms. The van der Waals surface area contributed by atoms with Crippen molar-refractivity contribution in [3.8, 4) is 0 Å². The number of rotatable bonds is 4. The van der Waals surface area contributed by atoms with E-state index in [0.29, 0.717) is 12.1 Å². The summed E-state index contributed by atoms with van der Waals surface area (Å²) >= 11 is 0. The van der Waals surface area contributed by atoms with Gasteiger partial charge in [0, 0.05) is 25.2 Å². The molecule has 2 fully saturated rings. The summed E-state index contributed by atoms with van der Waals surface area (Å²) in [7, 11) is 0. The maximum absolute atomic E-state index is 5.55. The Hall–Kier alpha value is -0.120. The number of nitrogens with zero attached hydrogens (tertiary/aromatic N) is 1. The van der Waals surface area contributed by atoms with Crippen LogP contribution >= 0.6 is 0 Å². The van der Waals surface area contributed by atoms with Crippen LogP contribution in [-0.2, 0) is 4.74 Å². The zero-order valence-electron chi connectivity index (χ0n) is 12.3. The quantitative estimate of drug-likeness (QED) is 0.832. The SMILES string of the molecule is CCC(C)C1CN(C(C)C2CCOC2)CCCN1. The monoisotopic (exact) mass is 254 g/mol. The standard InChI is InChI=1S/C15H30N2O/c1-4-12(2)15-10-17(8-5-7-16-15)13(3)14-6-9-18-11-14/h12-16H,4-11H2,1-3H3. The van der Waals surface area contributed by atoms with Crippen molar-refractivity contribution < 1.29 is 4.74 Å². The number of hydrogen-bond donors (Lipinski definition) is 1. The Morgan fingerprint density at radius 3 is 2.89 bits per heavy atom. The van der Waals surface area contributed by atoms with Crippen LogP contribution in [0.4, 0.5) is 0 Å². The highest BCUT2D eigenvalue weighted by Crippen LogP contribution is 2.23. The van der Waals surface area contributed by atoms with E-state index in [-0.39, 0.29) is 0 Å². The third-order valence-corrected chi connectivity index (χ3v) is 5.01. The summed E-state index contributed by atoms with van der Waals surface area (Å²) in [5, 5.41) is 3.73. The summed E-state index contributed by atoms with van der Waals surface area (Å²) < 4.78 is 5.55. The molecular formula is C15H30N2O. The zero-order valence-corrected chi connectivity index (χ0v) is 12.3. The fourth-order valence-corrected chi connectivity index (χ4v) is 3.24. The lowest BCUT2D eigenvalue weighted by Crippen LogP contribution is -2.47. The van der Waals surface area contributed by atoms with Gasteiger partial charge in [0.05, 0.1) is 6.61 Å². The van der Waals surface area contributed by atoms with Crippen molar-refractivity contribution in [2.24, 2.45) is 11.8 Å². The third-order valence-electron chi connectivity index (χ3n) is 5.01. The van der Waals surface area contributed by atoms with Crippen molar-refractivity contribution in [3.05, 3.63) is 0 Å². The van der Waals surface area contributed by atoms with Crippen LogP contribution in [0.5, 0.6) is 0 Å². The molecule has 0 amide bonds. The van der Waals surface area contributed by atoms with Crippen LogP contribution in [0.15, 0.2) is 0 Å². The lowest BCUT2D eigenvalue weighted by molar-refractivity contribution is 0.120. The fourth-order valence-electron chi connectivity index (χ4n) is 3.24. The van der Waals surface area contributed by atoms with Gasteiger partial charge < -0.3 is 10.1 Å². The lowest BCUT2D eigenvalue weighted by atomic mass is 9.95. The first kappa shape index (κ1) is 14.3. The molecule has 0 saturated carbocycles. The zero-order chi connectivity index (χ0) is 13.0. The molecule has 4 atom stereocenters. The van der Waals surface area contributed by atoms with Crippen LogP contribution in [0.2, 0.25) is 0 Å². The topological polar surface area (TPSA) is 24.5 Å². The Balaban J connectivity index is 1.93. The van der Waals surface area contributed by atoms with Gasteiger partial charge in [-0.2, -0.15) is 0 Å². The van der Waals surface area contributed by atoms with E-state index in [9.17, 15) is 0 Å². The average Bonchev–Trinajstić information content (AvgIpc) is 2.81. The first-order valence-electron chi connectivity index (χ1n) is 7.77. The number of ether oxygens (including phenoxy) is 1. The normalized spacial score (nSPS) is 34.2. The van der Waals surface area contributed by atoms with E-state index in [2.05, 4.69) is 31.0 Å². The predicted molar refractivity (Wildman–Crippen MR) is 75.8 cm³/mol. The highest BCUT2D eigenvalue weighted by molar-refractivity contribution is 4.86. The first-order valence-corrected chi connectivity index (χ1v) is 7.77. The van der Waals surface area contributed by atoms with E-state index in [1.807, 2.05) is 0 Å². The number of nitrogens with one attached hydrogen (secondary N) is 1. The van der Waals surface area contributed by atoms with Gasteiger partial charge in [-0.15, -0.1) is 0 Å². The van der Waals surface area contributed by atoms with Crippen LogP contribution in [0, 0.1) is 11.8 Å². The largest absolute Gasteiger partial charge is 0.381 e. The molecule has 0 spiro atoms. The second-order valence-corrected chi connectivity index (χ2v) is 6.16. The molecule has 2 heterocycles. The number of hydrogen-bond acceptors (Lipinski definition) is 3. The van der Waals surface area contributed by atoms with Gasteiger partial charge in [-0.25, -0.2) is 0 Å². The second kappa shape index (κ2) is 6.88. The molecule has 0 aromatic rings. The van der Waals surface area contributed by atoms with E-state index < -0.39 is 0 Å². The molecule has 106 valence electrons. The Morgan fingerprint density at radius 1 is 1.39 bits per heavy atom. The van der Waals surface area contributed by atoms with Gasteiger partial charge in [0.1, 0.15) is 0 Å². The minimum Gasteiger partial charge on any atom is -0.381 e. The average molecular weight is 254 g/mol. The minimum atomic E-state index is 0.669. The van der Waals surface area contributed by atoms with Gasteiger partial charge in [0.2, 0.25) is 0 Å². The van der Waals surface area contributed by atoms with Crippen molar-refractivity contribution in [1.29, 1.82) is 0 Å². The van der Waals surface area contributed by atoms with E-state index >= 15 is 0 Å². The molecule has 3 nitrogen and oxygen atoms in total. The Bertz CT molecular complexity index is 241. The Morgan fingerprint density at radius 2 is 2.22 bits per heavy atom. The van der Waals surface area contributed by atoms with Crippen molar-refractivity contribution in [3.63, 3.8) is 0 Å². The van der Waals surface area contributed by atoms with Gasteiger partial charge in [-0.05, 0) is 44.7 Å². The summed E-state index contributed by atoms with van der Waals surface area (Å²) in [5.41, 5.74) is 0. The third kappa shape index (κ3) is 3.46. The molecule has 1 N–H and O–H groups in total. The summed E-state index contributed by atoms with van der Waals surface area (Å²) in [5.74, 6) is 1.53. The van der Waals surface area contributed by atoms with Gasteiger partial charge >= 0.3 is 0 Å². The van der Waals surface area contributed by atoms with E-state index in [4.69, 9.17) is 4.74 Å². The Kier molecular flexibility index (Phi) is 5.46. The molecule has 0 aliphatic carbocycles. The summed E-state index contributed by atoms with van der Waals surface area (Å²) in [6.07, 6.45) is 3.80. The molecule has 18 heavy (non-hydrogen) atoms. The fraction of sp³-hybridized carbons (Fsp3) is 1.00. The highest BCUT2D eigenvalue weighted by Gasteiger charge is 2.30. The summed E-state index contributed by atoms with van der Waals surface area (Å²) in [6.45, 7) is 12.7. The van der Waals surface area contributed by atoms with Crippen LogP contribution in [-0.4, -0.2) is 49.8 Å². The molecule has 0 aromatic carbocycles. The Labute approximate surface area is 112 Å². The second-order valence-electron chi connectivity index (χ2n) is 6.16. The van der Waals surface area contributed by atoms with Gasteiger partial charge in [-0.1, -0.05) is 20.3 Å². The van der Waals surface area contributed by atoms with Crippen molar-refractivity contribution >= 4 is 0 Å². The summed E-state index contributed by atoms with van der Waals surface area (Å²) in [6, 6.07) is 1.35. The molecule has 0 aromatic heterocycles. The van der Waals surface area contributed by atoms with Crippen LogP contribution in [0.25, 0.3) is 0 Å². The van der Waals surface area contributed by atoms with E-state index in [1.54, 1.807) is 0 Å². The molecule has 4 unspecified atom stereocenters. The molecule has 0 radical (unpaired) electrons. The van der Waals surface area contributed by atoms with Gasteiger partial charge in [0.15, 0.2) is 0 Å². The van der Waals surface area contributed by atoms with Crippen molar-refractivity contribution in [2.45, 2.75) is 52.1 Å². The molecule has 2 aliphatic heterocycles. The maximum atomic E-state index is 5.55. The predicted octanol–water partition coefficient (Wildman–Crippen LogP) is 2.12. The van der Waals surface area contributed by atoms with Crippen LogP contribution in [0.3, 0.4) is 0 Å². The van der Waals surface area contributed by atoms with E-state index in [1.165, 1.54) is 38.9 Å². The van der Waals surface area contributed by atoms with Crippen molar-refractivity contribution in [1.82, 2.24) is 10.2 Å². The lowest BCUT2D eigenvalue weighted by Gasteiger charge is -2.34. The van der Waals surface area contributed by atoms with Crippen LogP contribution < -0.4 is 5.32 Å². The molecule has 2 saturated heterocycles. The van der Waals surface area contributed by atoms with Gasteiger partial charge in [-0.3, -0.25) is 4.90 Å². The summed E-state index contributed by atoms with van der Waals surface area (Å²) in [4.78, 5) is 2.70. The molecule has 2 rings (SSSR count). The van der Waals surface area contributed by atoms with Gasteiger partial charge in [0.25, 0.3) is 0 Å². The van der Waals surface area contributed by atoms with Crippen molar-refractivity contribution in [2.75, 3.05) is 32.8 Å². The molecule has 0 bridgehead atoms. The molecular weight excluding hydrogens is 224 g/mol.